The molecule has 5 nitrogen and oxygen atoms in total. The van der Waals surface area contributed by atoms with Gasteiger partial charge in [0.25, 0.3) is 0 Å². The van der Waals surface area contributed by atoms with Crippen molar-refractivity contribution in [3.8, 4) is 11.5 Å². The zero-order valence-corrected chi connectivity index (χ0v) is 14.9. The van der Waals surface area contributed by atoms with Crippen LogP contribution in [0.1, 0.15) is 22.8 Å². The Labute approximate surface area is 148 Å². The quantitative estimate of drug-likeness (QED) is 0.710. The molecule has 0 aliphatic carbocycles. The van der Waals surface area contributed by atoms with Crippen LogP contribution in [0.25, 0.3) is 0 Å². The minimum Gasteiger partial charge on any atom is -0.497 e. The maximum absolute atomic E-state index is 11.2. The van der Waals surface area contributed by atoms with Gasteiger partial charge in [-0.05, 0) is 55.9 Å². The molecule has 0 radical (unpaired) electrons. The number of benzene rings is 2. The Balaban J connectivity index is 1.78. The number of ketones is 1. The predicted molar refractivity (Wildman–Crippen MR) is 97.3 cm³/mol. The molecule has 0 aliphatic heterocycles. The second-order valence-electron chi connectivity index (χ2n) is 6.09. The zero-order valence-electron chi connectivity index (χ0n) is 14.9. The highest BCUT2D eigenvalue weighted by molar-refractivity contribution is 5.94. The van der Waals surface area contributed by atoms with Gasteiger partial charge in [-0.25, -0.2) is 0 Å². The molecular formula is C20H25NO4. The van der Waals surface area contributed by atoms with Crippen LogP contribution in [0.5, 0.6) is 11.5 Å². The number of Topliss-reactive ketones (excluding diaryl/α,β-unsaturated/α-hetero) is 1. The lowest BCUT2D eigenvalue weighted by atomic mass is 10.1. The SMILES string of the molecule is COc1cccc(CN(C)CC(O)COc2ccc(C(C)=O)cc2)c1. The third-order valence-electron chi connectivity index (χ3n) is 3.81. The van der Waals surface area contributed by atoms with Crippen LogP contribution in [-0.2, 0) is 6.54 Å². The van der Waals surface area contributed by atoms with Gasteiger partial charge in [0.15, 0.2) is 5.78 Å². The van der Waals surface area contributed by atoms with E-state index in [9.17, 15) is 9.90 Å². The summed E-state index contributed by atoms with van der Waals surface area (Å²) in [4.78, 5) is 13.3. The number of rotatable bonds is 9. The van der Waals surface area contributed by atoms with Gasteiger partial charge in [-0.2, -0.15) is 0 Å². The number of methoxy groups -OCH3 is 1. The summed E-state index contributed by atoms with van der Waals surface area (Å²) in [7, 11) is 3.59. The smallest absolute Gasteiger partial charge is 0.159 e. The molecular weight excluding hydrogens is 318 g/mol. The van der Waals surface area contributed by atoms with Crippen molar-refractivity contribution in [2.75, 3.05) is 27.3 Å². The summed E-state index contributed by atoms with van der Waals surface area (Å²) in [6, 6.07) is 14.8. The van der Waals surface area contributed by atoms with Crippen LogP contribution in [0.15, 0.2) is 48.5 Å². The highest BCUT2D eigenvalue weighted by Crippen LogP contribution is 2.15. The average Bonchev–Trinajstić information content (AvgIpc) is 2.60. The van der Waals surface area contributed by atoms with Gasteiger partial charge in [-0.1, -0.05) is 12.1 Å². The van der Waals surface area contributed by atoms with E-state index in [4.69, 9.17) is 9.47 Å². The van der Waals surface area contributed by atoms with Crippen molar-refractivity contribution in [3.05, 3.63) is 59.7 Å². The van der Waals surface area contributed by atoms with Crippen LogP contribution >= 0.6 is 0 Å². The Kier molecular flexibility index (Phi) is 6.98. The fourth-order valence-electron chi connectivity index (χ4n) is 2.54. The fourth-order valence-corrected chi connectivity index (χ4v) is 2.54. The molecule has 1 unspecified atom stereocenters. The van der Waals surface area contributed by atoms with Crippen LogP contribution in [0.2, 0.25) is 0 Å². The summed E-state index contributed by atoms with van der Waals surface area (Å²) in [5.41, 5.74) is 1.76. The van der Waals surface area contributed by atoms with Gasteiger partial charge in [0.05, 0.1) is 7.11 Å². The Morgan fingerprint density at radius 2 is 1.88 bits per heavy atom. The Morgan fingerprint density at radius 1 is 1.16 bits per heavy atom. The van der Waals surface area contributed by atoms with E-state index in [1.807, 2.05) is 36.2 Å². The minimum absolute atomic E-state index is 0.0192. The molecule has 0 bridgehead atoms. The lowest BCUT2D eigenvalue weighted by Crippen LogP contribution is -2.32. The summed E-state index contributed by atoms with van der Waals surface area (Å²) in [6.07, 6.45) is -0.608. The van der Waals surface area contributed by atoms with Gasteiger partial charge in [-0.15, -0.1) is 0 Å². The van der Waals surface area contributed by atoms with Crippen LogP contribution < -0.4 is 9.47 Å². The molecule has 0 saturated heterocycles. The molecule has 0 spiro atoms. The predicted octanol–water partition coefficient (Wildman–Crippen LogP) is 2.77. The monoisotopic (exact) mass is 343 g/mol. The fraction of sp³-hybridized carbons (Fsp3) is 0.350. The molecule has 0 aromatic heterocycles. The van der Waals surface area contributed by atoms with Crippen molar-refractivity contribution in [1.29, 1.82) is 0 Å². The van der Waals surface area contributed by atoms with E-state index >= 15 is 0 Å². The van der Waals surface area contributed by atoms with Crippen LogP contribution in [0.3, 0.4) is 0 Å². The Hall–Kier alpha value is -2.37. The molecule has 0 fully saturated rings. The van der Waals surface area contributed by atoms with Crippen molar-refractivity contribution in [1.82, 2.24) is 4.90 Å². The standard InChI is InChI=1S/C20H25NO4/c1-15(22)17-7-9-19(10-8-17)25-14-18(23)13-21(2)12-16-5-4-6-20(11-16)24-3/h4-11,18,23H,12-14H2,1-3H3. The molecule has 0 saturated carbocycles. The Morgan fingerprint density at radius 3 is 2.52 bits per heavy atom. The topological polar surface area (TPSA) is 59.0 Å². The summed E-state index contributed by atoms with van der Waals surface area (Å²) in [6.45, 7) is 2.92. The number of nitrogens with zero attached hydrogens (tertiary/aromatic N) is 1. The lowest BCUT2D eigenvalue weighted by molar-refractivity contribution is 0.0743. The van der Waals surface area contributed by atoms with E-state index in [1.165, 1.54) is 6.92 Å². The summed E-state index contributed by atoms with van der Waals surface area (Å²) < 4.78 is 10.8. The lowest BCUT2D eigenvalue weighted by Gasteiger charge is -2.21. The van der Waals surface area contributed by atoms with Crippen molar-refractivity contribution < 1.29 is 19.4 Å². The molecule has 2 rings (SSSR count). The number of carbonyl (C=O) groups excluding carboxylic acids is 1. The van der Waals surface area contributed by atoms with Crippen LogP contribution in [-0.4, -0.2) is 49.2 Å². The third kappa shape index (κ3) is 6.21. The molecule has 1 N–H and O–H groups in total. The third-order valence-corrected chi connectivity index (χ3v) is 3.81. The van der Waals surface area contributed by atoms with Gasteiger partial charge < -0.3 is 14.6 Å². The molecule has 2 aromatic rings. The molecule has 1 atom stereocenters. The van der Waals surface area contributed by atoms with Gasteiger partial charge in [0.2, 0.25) is 0 Å². The number of ether oxygens (including phenoxy) is 2. The number of hydrogen-bond acceptors (Lipinski definition) is 5. The number of aliphatic hydroxyl groups is 1. The van der Waals surface area contributed by atoms with Gasteiger partial charge >= 0.3 is 0 Å². The molecule has 5 heteroatoms. The van der Waals surface area contributed by atoms with Crippen molar-refractivity contribution >= 4 is 5.78 Å². The average molecular weight is 343 g/mol. The maximum atomic E-state index is 11.2. The Bertz CT molecular complexity index is 684. The maximum Gasteiger partial charge on any atom is 0.159 e. The molecule has 2 aromatic carbocycles. The molecule has 25 heavy (non-hydrogen) atoms. The largest absolute Gasteiger partial charge is 0.497 e. The first-order chi connectivity index (χ1) is 12.0. The molecule has 0 heterocycles. The van der Waals surface area contributed by atoms with Crippen LogP contribution in [0.4, 0.5) is 0 Å². The summed E-state index contributed by atoms with van der Waals surface area (Å²) >= 11 is 0. The first-order valence-electron chi connectivity index (χ1n) is 8.21. The van der Waals surface area contributed by atoms with Gasteiger partial charge in [-0.3, -0.25) is 9.69 Å². The van der Waals surface area contributed by atoms with Crippen molar-refractivity contribution in [2.24, 2.45) is 0 Å². The minimum atomic E-state index is -0.608. The molecule has 134 valence electrons. The number of aliphatic hydroxyl groups excluding tert-OH is 1. The molecule has 0 amide bonds. The molecule has 0 aliphatic rings. The highest BCUT2D eigenvalue weighted by atomic mass is 16.5. The van der Waals surface area contributed by atoms with Crippen molar-refractivity contribution in [3.63, 3.8) is 0 Å². The van der Waals surface area contributed by atoms with Crippen molar-refractivity contribution in [2.45, 2.75) is 19.6 Å². The summed E-state index contributed by atoms with van der Waals surface area (Å²) in [5.74, 6) is 1.48. The van der Waals surface area contributed by atoms with E-state index in [-0.39, 0.29) is 12.4 Å². The first kappa shape index (κ1) is 19.0. The van der Waals surface area contributed by atoms with Gasteiger partial charge in [0.1, 0.15) is 24.2 Å². The number of carbonyl (C=O) groups is 1. The van der Waals surface area contributed by atoms with Crippen LogP contribution in [0, 0.1) is 0 Å². The number of hydrogen-bond donors (Lipinski definition) is 1. The van der Waals surface area contributed by atoms with E-state index in [2.05, 4.69) is 0 Å². The summed E-state index contributed by atoms with van der Waals surface area (Å²) in [5, 5.41) is 10.2. The number of likely N-dealkylation sites (N-methyl/N-ethyl adjacent to an activating group) is 1. The second kappa shape index (κ2) is 9.20. The zero-order chi connectivity index (χ0) is 18.2. The first-order valence-corrected chi connectivity index (χ1v) is 8.21. The van der Waals surface area contributed by atoms with Gasteiger partial charge in [0, 0.05) is 18.7 Å². The normalized spacial score (nSPS) is 12.0. The van der Waals surface area contributed by atoms with E-state index in [0.717, 1.165) is 11.3 Å². The highest BCUT2D eigenvalue weighted by Gasteiger charge is 2.10. The van der Waals surface area contributed by atoms with E-state index in [0.29, 0.717) is 24.4 Å². The second-order valence-corrected chi connectivity index (χ2v) is 6.09. The van der Waals surface area contributed by atoms with E-state index < -0.39 is 6.10 Å². The van der Waals surface area contributed by atoms with E-state index in [1.54, 1.807) is 31.4 Å².